The van der Waals surface area contributed by atoms with E-state index >= 15 is 0 Å². The van der Waals surface area contributed by atoms with Crippen LogP contribution in [0.5, 0.6) is 0 Å². The molecule has 0 fully saturated rings. The minimum Gasteiger partial charge on any atom is -0.440 e. The van der Waals surface area contributed by atoms with Crippen molar-refractivity contribution >= 4 is 17.5 Å². The minimum absolute atomic E-state index is 0.223. The van der Waals surface area contributed by atoms with Crippen LogP contribution in [-0.2, 0) is 4.74 Å². The molecular formula is C12H18ClNO3. The number of carbonyl (C=O) groups excluding carboxylic acids is 1. The number of amides is 1. The number of furan rings is 1. The molecule has 0 bridgehead atoms. The summed E-state index contributed by atoms with van der Waals surface area (Å²) in [4.78, 5) is 11.5. The molecule has 5 heteroatoms. The summed E-state index contributed by atoms with van der Waals surface area (Å²) in [5.74, 6) is 0.00936. The van der Waals surface area contributed by atoms with E-state index in [2.05, 4.69) is 5.32 Å². The normalized spacial score (nSPS) is 10.8. The molecule has 0 atom stereocenters. The van der Waals surface area contributed by atoms with Crippen LogP contribution in [0, 0.1) is 0 Å². The monoisotopic (exact) mass is 259 g/mol. The summed E-state index contributed by atoms with van der Waals surface area (Å²) >= 11 is 5.57. The molecule has 1 rings (SSSR count). The van der Waals surface area contributed by atoms with Gasteiger partial charge in [0.2, 0.25) is 0 Å². The largest absolute Gasteiger partial charge is 0.440 e. The van der Waals surface area contributed by atoms with E-state index in [1.807, 2.05) is 13.8 Å². The number of halogens is 1. The highest BCUT2D eigenvalue weighted by Gasteiger charge is 2.09. The number of rotatable bonds is 7. The van der Waals surface area contributed by atoms with Gasteiger partial charge in [0.25, 0.3) is 5.91 Å². The zero-order chi connectivity index (χ0) is 12.7. The van der Waals surface area contributed by atoms with E-state index < -0.39 is 0 Å². The van der Waals surface area contributed by atoms with E-state index in [1.54, 1.807) is 12.1 Å². The highest BCUT2D eigenvalue weighted by Crippen LogP contribution is 2.12. The molecule has 0 radical (unpaired) electrons. The first kappa shape index (κ1) is 14.1. The second kappa shape index (κ2) is 7.35. The van der Waals surface area contributed by atoms with Gasteiger partial charge in [-0.1, -0.05) is 0 Å². The van der Waals surface area contributed by atoms with E-state index in [4.69, 9.17) is 20.8 Å². The van der Waals surface area contributed by atoms with Crippen LogP contribution in [0.3, 0.4) is 0 Å². The summed E-state index contributed by atoms with van der Waals surface area (Å²) in [6, 6.07) is 3.10. The van der Waals surface area contributed by atoms with Crippen LogP contribution in [0.2, 0.25) is 5.22 Å². The van der Waals surface area contributed by atoms with E-state index in [9.17, 15) is 4.79 Å². The van der Waals surface area contributed by atoms with Gasteiger partial charge in [-0.2, -0.15) is 0 Å². The first-order valence-electron chi connectivity index (χ1n) is 5.74. The zero-order valence-electron chi connectivity index (χ0n) is 10.2. The molecule has 0 aliphatic rings. The van der Waals surface area contributed by atoms with Gasteiger partial charge in [0, 0.05) is 13.2 Å². The molecule has 1 aromatic rings. The van der Waals surface area contributed by atoms with Gasteiger partial charge in [-0.15, -0.1) is 0 Å². The van der Waals surface area contributed by atoms with Gasteiger partial charge < -0.3 is 14.5 Å². The van der Waals surface area contributed by atoms with Crippen LogP contribution in [0.4, 0.5) is 0 Å². The van der Waals surface area contributed by atoms with Gasteiger partial charge in [-0.05, 0) is 50.4 Å². The number of carbonyl (C=O) groups is 1. The molecular weight excluding hydrogens is 242 g/mol. The van der Waals surface area contributed by atoms with Crippen molar-refractivity contribution in [1.82, 2.24) is 5.32 Å². The third-order valence-corrected chi connectivity index (χ3v) is 2.31. The summed E-state index contributed by atoms with van der Waals surface area (Å²) in [5.41, 5.74) is 0. The van der Waals surface area contributed by atoms with Crippen molar-refractivity contribution in [2.75, 3.05) is 13.2 Å². The highest BCUT2D eigenvalue weighted by molar-refractivity contribution is 6.29. The Morgan fingerprint density at radius 3 is 2.82 bits per heavy atom. The number of nitrogens with one attached hydrogen (secondary N) is 1. The topological polar surface area (TPSA) is 51.5 Å². The lowest BCUT2D eigenvalue weighted by Gasteiger charge is -2.07. The van der Waals surface area contributed by atoms with E-state index in [1.165, 1.54) is 0 Å². The van der Waals surface area contributed by atoms with E-state index in [-0.39, 0.29) is 23.0 Å². The number of hydrogen-bond acceptors (Lipinski definition) is 3. The Balaban J connectivity index is 2.09. The maximum Gasteiger partial charge on any atom is 0.287 e. The van der Waals surface area contributed by atoms with Crippen molar-refractivity contribution in [3.63, 3.8) is 0 Å². The summed E-state index contributed by atoms with van der Waals surface area (Å²) in [7, 11) is 0. The number of ether oxygens (including phenoxy) is 1. The number of hydrogen-bond donors (Lipinski definition) is 1. The van der Waals surface area contributed by atoms with Gasteiger partial charge >= 0.3 is 0 Å². The van der Waals surface area contributed by atoms with Gasteiger partial charge in [0.1, 0.15) is 0 Å². The predicted molar refractivity (Wildman–Crippen MR) is 66.4 cm³/mol. The molecule has 96 valence electrons. The molecule has 0 saturated heterocycles. The molecule has 0 aliphatic heterocycles. The van der Waals surface area contributed by atoms with Crippen molar-refractivity contribution in [3.05, 3.63) is 23.1 Å². The molecule has 0 saturated carbocycles. The van der Waals surface area contributed by atoms with Crippen LogP contribution < -0.4 is 5.32 Å². The van der Waals surface area contributed by atoms with Crippen molar-refractivity contribution in [2.24, 2.45) is 0 Å². The third-order valence-electron chi connectivity index (χ3n) is 2.10. The maximum atomic E-state index is 11.5. The van der Waals surface area contributed by atoms with Gasteiger partial charge in [-0.3, -0.25) is 4.79 Å². The van der Waals surface area contributed by atoms with Crippen LogP contribution in [-0.4, -0.2) is 25.2 Å². The molecule has 0 spiro atoms. The van der Waals surface area contributed by atoms with Crippen molar-refractivity contribution in [3.8, 4) is 0 Å². The summed E-state index contributed by atoms with van der Waals surface area (Å²) in [6.07, 6.45) is 2.07. The minimum atomic E-state index is -0.235. The SMILES string of the molecule is CC(C)OCCCCNC(=O)c1ccc(Cl)o1. The molecule has 1 heterocycles. The Labute approximate surface area is 106 Å². The van der Waals surface area contributed by atoms with Crippen LogP contribution >= 0.6 is 11.6 Å². The van der Waals surface area contributed by atoms with Crippen LogP contribution in [0.1, 0.15) is 37.2 Å². The molecule has 1 aromatic heterocycles. The third kappa shape index (κ3) is 5.75. The Morgan fingerprint density at radius 2 is 2.24 bits per heavy atom. The summed E-state index contributed by atoms with van der Waals surface area (Å²) in [5, 5.41) is 2.98. The fourth-order valence-electron chi connectivity index (χ4n) is 1.27. The zero-order valence-corrected chi connectivity index (χ0v) is 10.9. The second-order valence-electron chi connectivity index (χ2n) is 3.99. The van der Waals surface area contributed by atoms with Crippen molar-refractivity contribution in [1.29, 1.82) is 0 Å². The Morgan fingerprint density at radius 1 is 1.47 bits per heavy atom. The Kier molecular flexibility index (Phi) is 6.08. The summed E-state index contributed by atoms with van der Waals surface area (Å²) < 4.78 is 10.4. The van der Waals surface area contributed by atoms with Gasteiger partial charge in [0.15, 0.2) is 11.0 Å². The first-order valence-corrected chi connectivity index (χ1v) is 6.12. The second-order valence-corrected chi connectivity index (χ2v) is 4.36. The standard InChI is InChI=1S/C12H18ClNO3/c1-9(2)16-8-4-3-7-14-12(15)10-5-6-11(13)17-10/h5-6,9H,3-4,7-8H2,1-2H3,(H,14,15). The Bertz CT molecular complexity index is 349. The van der Waals surface area contributed by atoms with E-state index in [0.29, 0.717) is 6.54 Å². The molecule has 0 aromatic carbocycles. The average molecular weight is 260 g/mol. The fourth-order valence-corrected chi connectivity index (χ4v) is 1.42. The lowest BCUT2D eigenvalue weighted by atomic mass is 10.3. The summed E-state index contributed by atoms with van der Waals surface area (Å²) in [6.45, 7) is 5.34. The van der Waals surface area contributed by atoms with Gasteiger partial charge in [0.05, 0.1) is 6.10 Å². The lowest BCUT2D eigenvalue weighted by molar-refractivity contribution is 0.0753. The smallest absolute Gasteiger partial charge is 0.287 e. The van der Waals surface area contributed by atoms with Gasteiger partial charge in [-0.25, -0.2) is 0 Å². The van der Waals surface area contributed by atoms with Crippen molar-refractivity contribution in [2.45, 2.75) is 32.8 Å². The predicted octanol–water partition coefficient (Wildman–Crippen LogP) is 2.87. The highest BCUT2D eigenvalue weighted by atomic mass is 35.5. The van der Waals surface area contributed by atoms with Crippen LogP contribution in [0.25, 0.3) is 0 Å². The molecule has 4 nitrogen and oxygen atoms in total. The molecule has 1 amide bonds. The average Bonchev–Trinajstić information content (AvgIpc) is 2.69. The van der Waals surface area contributed by atoms with Crippen LogP contribution in [0.15, 0.2) is 16.5 Å². The lowest BCUT2D eigenvalue weighted by Crippen LogP contribution is -2.24. The molecule has 1 N–H and O–H groups in total. The van der Waals surface area contributed by atoms with Crippen molar-refractivity contribution < 1.29 is 13.9 Å². The first-order chi connectivity index (χ1) is 8.09. The molecule has 0 aliphatic carbocycles. The fraction of sp³-hybridized carbons (Fsp3) is 0.583. The molecule has 0 unspecified atom stereocenters. The quantitative estimate of drug-likeness (QED) is 0.766. The number of unbranched alkanes of at least 4 members (excludes halogenated alkanes) is 1. The van der Waals surface area contributed by atoms with E-state index in [0.717, 1.165) is 19.4 Å². The Hall–Kier alpha value is -1.00. The molecule has 17 heavy (non-hydrogen) atoms. The maximum absolute atomic E-state index is 11.5.